The van der Waals surface area contributed by atoms with Crippen molar-refractivity contribution in [2.24, 2.45) is 0 Å². The predicted molar refractivity (Wildman–Crippen MR) is 71.0 cm³/mol. The van der Waals surface area contributed by atoms with Gasteiger partial charge in [-0.2, -0.15) is 0 Å². The molecule has 0 atom stereocenters. The summed E-state index contributed by atoms with van der Waals surface area (Å²) in [6, 6.07) is 0. The van der Waals surface area contributed by atoms with Crippen molar-refractivity contribution in [2.75, 3.05) is 0 Å². The quantitative estimate of drug-likeness (QED) is 0.376. The largest absolute Gasteiger partial charge is 0.100 e. The van der Waals surface area contributed by atoms with Gasteiger partial charge in [-0.05, 0) is 46.0 Å². The molecule has 84 valence electrons. The van der Waals surface area contributed by atoms with E-state index in [-0.39, 0.29) is 0 Å². The summed E-state index contributed by atoms with van der Waals surface area (Å²) >= 11 is 0. The van der Waals surface area contributed by atoms with Gasteiger partial charge in [-0.15, -0.1) is 6.58 Å². The van der Waals surface area contributed by atoms with Crippen molar-refractivity contribution in [1.82, 2.24) is 0 Å². The highest BCUT2D eigenvalue weighted by atomic mass is 14.0. The van der Waals surface area contributed by atoms with E-state index in [4.69, 9.17) is 0 Å². The zero-order valence-electron chi connectivity index (χ0n) is 10.3. The van der Waals surface area contributed by atoms with Crippen LogP contribution in [-0.2, 0) is 0 Å². The van der Waals surface area contributed by atoms with Gasteiger partial charge in [0.15, 0.2) is 0 Å². The monoisotopic (exact) mass is 204 g/mol. The van der Waals surface area contributed by atoms with Gasteiger partial charge >= 0.3 is 0 Å². The molecule has 0 fully saturated rings. The molecule has 0 radical (unpaired) electrons. The molecule has 0 heterocycles. The predicted octanol–water partition coefficient (Wildman–Crippen LogP) is 5.20. The number of hydrogen-bond donors (Lipinski definition) is 0. The maximum atomic E-state index is 3.91. The standard InChI is InChI=1S/C15H24/c1-6-14(4)10-8-12-15(5)11-7-9-13(2)3/h6,12H,1-2,4,7-11H2,3,5H3/b15-12+. The van der Waals surface area contributed by atoms with Gasteiger partial charge in [-0.25, -0.2) is 0 Å². The normalized spacial score (nSPS) is 11.2. The Morgan fingerprint density at radius 3 is 2.27 bits per heavy atom. The second kappa shape index (κ2) is 8.28. The van der Waals surface area contributed by atoms with Crippen LogP contribution in [0.1, 0.15) is 46.0 Å². The molecule has 0 bridgehead atoms. The first kappa shape index (κ1) is 14.0. The summed E-state index contributed by atoms with van der Waals surface area (Å²) in [5.41, 5.74) is 3.89. The van der Waals surface area contributed by atoms with E-state index in [2.05, 4.69) is 39.7 Å². The molecular weight excluding hydrogens is 180 g/mol. The van der Waals surface area contributed by atoms with Gasteiger partial charge in [0, 0.05) is 0 Å². The van der Waals surface area contributed by atoms with Crippen LogP contribution in [0.15, 0.2) is 48.6 Å². The fourth-order valence-electron chi connectivity index (χ4n) is 1.38. The molecule has 0 rings (SSSR count). The second-order valence-corrected chi connectivity index (χ2v) is 4.26. The van der Waals surface area contributed by atoms with E-state index in [1.165, 1.54) is 24.0 Å². The molecule has 0 aliphatic rings. The molecule has 0 spiro atoms. The average Bonchev–Trinajstić information content (AvgIpc) is 2.17. The maximum Gasteiger partial charge on any atom is -0.0250 e. The minimum Gasteiger partial charge on any atom is -0.100 e. The Morgan fingerprint density at radius 1 is 1.07 bits per heavy atom. The molecule has 0 aromatic carbocycles. The van der Waals surface area contributed by atoms with Gasteiger partial charge in [0.2, 0.25) is 0 Å². The van der Waals surface area contributed by atoms with Crippen molar-refractivity contribution in [3.63, 3.8) is 0 Å². The molecular formula is C15H24. The van der Waals surface area contributed by atoms with E-state index in [9.17, 15) is 0 Å². The highest BCUT2D eigenvalue weighted by molar-refractivity contribution is 5.12. The lowest BCUT2D eigenvalue weighted by molar-refractivity contribution is 0.799. The zero-order chi connectivity index (χ0) is 11.7. The molecule has 0 amide bonds. The Balaban J connectivity index is 3.65. The van der Waals surface area contributed by atoms with Crippen LogP contribution in [0.3, 0.4) is 0 Å². The van der Waals surface area contributed by atoms with Crippen molar-refractivity contribution in [3.05, 3.63) is 48.6 Å². The van der Waals surface area contributed by atoms with Crippen LogP contribution in [0.25, 0.3) is 0 Å². The molecule has 0 aromatic rings. The molecule has 0 aliphatic carbocycles. The molecule has 0 N–H and O–H groups in total. The molecule has 0 nitrogen and oxygen atoms in total. The molecule has 0 saturated carbocycles. The number of allylic oxidation sites excluding steroid dienone is 5. The van der Waals surface area contributed by atoms with Crippen molar-refractivity contribution in [3.8, 4) is 0 Å². The van der Waals surface area contributed by atoms with Gasteiger partial charge in [0.05, 0.1) is 0 Å². The van der Waals surface area contributed by atoms with Crippen molar-refractivity contribution >= 4 is 0 Å². The lowest BCUT2D eigenvalue weighted by Crippen LogP contribution is -1.82. The van der Waals surface area contributed by atoms with Crippen molar-refractivity contribution < 1.29 is 0 Å². The van der Waals surface area contributed by atoms with Crippen LogP contribution in [-0.4, -0.2) is 0 Å². The summed E-state index contributed by atoms with van der Waals surface area (Å²) in [4.78, 5) is 0. The smallest absolute Gasteiger partial charge is 0.0250 e. The summed E-state index contributed by atoms with van der Waals surface area (Å²) in [7, 11) is 0. The highest BCUT2D eigenvalue weighted by Gasteiger charge is 1.92. The van der Waals surface area contributed by atoms with Gasteiger partial charge < -0.3 is 0 Å². The Hall–Kier alpha value is -1.04. The lowest BCUT2D eigenvalue weighted by Gasteiger charge is -2.02. The topological polar surface area (TPSA) is 0 Å². The third kappa shape index (κ3) is 9.27. The van der Waals surface area contributed by atoms with Crippen molar-refractivity contribution in [2.45, 2.75) is 46.0 Å². The SMILES string of the molecule is C=CC(=C)CC/C=C(\C)CCCC(=C)C. The van der Waals surface area contributed by atoms with Crippen LogP contribution in [0, 0.1) is 0 Å². The van der Waals surface area contributed by atoms with Gasteiger partial charge in [0.1, 0.15) is 0 Å². The van der Waals surface area contributed by atoms with Crippen LogP contribution in [0.5, 0.6) is 0 Å². The molecule has 0 aromatic heterocycles. The average molecular weight is 204 g/mol. The first-order valence-corrected chi connectivity index (χ1v) is 5.66. The first-order valence-electron chi connectivity index (χ1n) is 5.66. The van der Waals surface area contributed by atoms with Crippen molar-refractivity contribution in [1.29, 1.82) is 0 Å². The first-order chi connectivity index (χ1) is 7.06. The van der Waals surface area contributed by atoms with Gasteiger partial charge in [0.25, 0.3) is 0 Å². The second-order valence-electron chi connectivity index (χ2n) is 4.26. The lowest BCUT2D eigenvalue weighted by atomic mass is 10.0. The zero-order valence-corrected chi connectivity index (χ0v) is 10.3. The summed E-state index contributed by atoms with van der Waals surface area (Å²) in [6.45, 7) is 15.8. The number of hydrogen-bond acceptors (Lipinski definition) is 0. The van der Waals surface area contributed by atoms with E-state index in [0.717, 1.165) is 24.8 Å². The summed E-state index contributed by atoms with van der Waals surface area (Å²) in [5.74, 6) is 0. The van der Waals surface area contributed by atoms with Gasteiger partial charge in [-0.3, -0.25) is 0 Å². The molecule has 0 saturated heterocycles. The third-order valence-electron chi connectivity index (χ3n) is 2.42. The Labute approximate surface area is 95.1 Å². The van der Waals surface area contributed by atoms with E-state index < -0.39 is 0 Å². The van der Waals surface area contributed by atoms with E-state index in [0.29, 0.717) is 0 Å². The Bertz CT molecular complexity index is 253. The summed E-state index contributed by atoms with van der Waals surface area (Å²) < 4.78 is 0. The molecule has 15 heavy (non-hydrogen) atoms. The van der Waals surface area contributed by atoms with Gasteiger partial charge in [-0.1, -0.05) is 42.0 Å². The van der Waals surface area contributed by atoms with Crippen LogP contribution < -0.4 is 0 Å². The summed E-state index contributed by atoms with van der Waals surface area (Å²) in [5, 5.41) is 0. The van der Waals surface area contributed by atoms with Crippen LogP contribution >= 0.6 is 0 Å². The highest BCUT2D eigenvalue weighted by Crippen LogP contribution is 2.12. The van der Waals surface area contributed by atoms with Crippen LogP contribution in [0.2, 0.25) is 0 Å². The molecule has 0 aliphatic heterocycles. The van der Waals surface area contributed by atoms with E-state index in [1.807, 2.05) is 6.08 Å². The minimum atomic E-state index is 1.03. The summed E-state index contributed by atoms with van der Waals surface area (Å²) in [6.07, 6.45) is 9.82. The van der Waals surface area contributed by atoms with Crippen LogP contribution in [0.4, 0.5) is 0 Å². The van der Waals surface area contributed by atoms with E-state index >= 15 is 0 Å². The minimum absolute atomic E-state index is 1.03. The maximum absolute atomic E-state index is 3.91. The number of rotatable bonds is 8. The molecule has 0 unspecified atom stereocenters. The molecule has 0 heteroatoms. The fraction of sp³-hybridized carbons (Fsp3) is 0.467. The third-order valence-corrected chi connectivity index (χ3v) is 2.42. The van der Waals surface area contributed by atoms with E-state index in [1.54, 1.807) is 0 Å². The Kier molecular flexibility index (Phi) is 7.71. The fourth-order valence-corrected chi connectivity index (χ4v) is 1.38. The Morgan fingerprint density at radius 2 is 1.73 bits per heavy atom.